The molecule has 0 unspecified atom stereocenters. The van der Waals surface area contributed by atoms with Gasteiger partial charge in [0.05, 0.1) is 0 Å². The Morgan fingerprint density at radius 2 is 1.78 bits per heavy atom. The van der Waals surface area contributed by atoms with E-state index in [4.69, 9.17) is 0 Å². The van der Waals surface area contributed by atoms with Crippen LogP contribution in [0.15, 0.2) is 42.7 Å². The van der Waals surface area contributed by atoms with Crippen LogP contribution in [0, 0.1) is 0 Å². The van der Waals surface area contributed by atoms with Gasteiger partial charge in [0.1, 0.15) is 0 Å². The lowest BCUT2D eigenvalue weighted by Crippen LogP contribution is -2.15. The van der Waals surface area contributed by atoms with Gasteiger partial charge < -0.3 is 10.2 Å². The van der Waals surface area contributed by atoms with Gasteiger partial charge in [0.15, 0.2) is 0 Å². The normalized spacial score (nSPS) is 10.3. The molecule has 0 bridgehead atoms. The fourth-order valence-electron chi connectivity index (χ4n) is 1.65. The minimum atomic E-state index is 0.710. The second kappa shape index (κ2) is 6.12. The summed E-state index contributed by atoms with van der Waals surface area (Å²) in [5.74, 6) is 0.710. The highest BCUT2D eigenvalue weighted by atomic mass is 15.2. The van der Waals surface area contributed by atoms with Crippen LogP contribution < -0.4 is 10.2 Å². The fourth-order valence-corrected chi connectivity index (χ4v) is 1.65. The Hall–Kier alpha value is -1.94. The molecular formula is C14H18N4. The van der Waals surface area contributed by atoms with E-state index >= 15 is 0 Å². The molecule has 0 amide bonds. The Morgan fingerprint density at radius 1 is 1.11 bits per heavy atom. The third-order valence-electron chi connectivity index (χ3n) is 2.71. The zero-order valence-corrected chi connectivity index (χ0v) is 10.8. The average molecular weight is 242 g/mol. The van der Waals surface area contributed by atoms with Crippen LogP contribution in [0.4, 0.5) is 11.6 Å². The maximum absolute atomic E-state index is 4.38. The van der Waals surface area contributed by atoms with Crippen molar-refractivity contribution in [1.82, 2.24) is 15.3 Å². The molecule has 1 aromatic heterocycles. The molecule has 4 nitrogen and oxygen atoms in total. The second-order valence-electron chi connectivity index (χ2n) is 4.07. The lowest BCUT2D eigenvalue weighted by molar-refractivity contribution is 0.721. The first kappa shape index (κ1) is 12.5. The van der Waals surface area contributed by atoms with E-state index in [1.165, 1.54) is 0 Å². The van der Waals surface area contributed by atoms with E-state index in [0.717, 1.165) is 24.3 Å². The van der Waals surface area contributed by atoms with Gasteiger partial charge in [-0.25, -0.2) is 9.97 Å². The summed E-state index contributed by atoms with van der Waals surface area (Å²) < 4.78 is 0. The number of anilines is 2. The van der Waals surface area contributed by atoms with Crippen LogP contribution in [-0.2, 0) is 6.54 Å². The molecule has 2 rings (SSSR count). The van der Waals surface area contributed by atoms with E-state index < -0.39 is 0 Å². The van der Waals surface area contributed by atoms with Crippen LogP contribution in [0.3, 0.4) is 0 Å². The average Bonchev–Trinajstić information content (AvgIpc) is 2.46. The van der Waals surface area contributed by atoms with Crippen LogP contribution >= 0.6 is 0 Å². The van der Waals surface area contributed by atoms with Crippen LogP contribution in [0.2, 0.25) is 0 Å². The van der Waals surface area contributed by atoms with E-state index in [0.29, 0.717) is 5.95 Å². The quantitative estimate of drug-likeness (QED) is 0.874. The predicted molar refractivity (Wildman–Crippen MR) is 73.9 cm³/mol. The summed E-state index contributed by atoms with van der Waals surface area (Å²) in [7, 11) is 1.97. The third kappa shape index (κ3) is 3.05. The standard InChI is InChI=1S/C14H18N4/c1-3-15-9-12-10-16-14(17-11-12)18(2)13-7-5-4-6-8-13/h4-8,10-11,15H,3,9H2,1-2H3. The van der Waals surface area contributed by atoms with Crippen molar-refractivity contribution in [1.29, 1.82) is 0 Å². The first-order chi connectivity index (χ1) is 8.81. The lowest BCUT2D eigenvalue weighted by Gasteiger charge is -2.16. The van der Waals surface area contributed by atoms with Gasteiger partial charge in [-0.3, -0.25) is 0 Å². The van der Waals surface area contributed by atoms with Crippen molar-refractivity contribution >= 4 is 11.6 Å². The summed E-state index contributed by atoms with van der Waals surface area (Å²) in [6.45, 7) is 3.84. The molecule has 0 aliphatic heterocycles. The van der Waals surface area contributed by atoms with E-state index in [1.54, 1.807) is 0 Å². The Labute approximate surface area is 108 Å². The molecule has 0 atom stereocenters. The van der Waals surface area contributed by atoms with Crippen molar-refractivity contribution in [3.63, 3.8) is 0 Å². The molecule has 0 saturated carbocycles. The number of benzene rings is 1. The highest BCUT2D eigenvalue weighted by molar-refractivity contribution is 5.55. The molecule has 18 heavy (non-hydrogen) atoms. The third-order valence-corrected chi connectivity index (χ3v) is 2.71. The van der Waals surface area contributed by atoms with Gasteiger partial charge in [-0.15, -0.1) is 0 Å². The van der Waals surface area contributed by atoms with Crippen molar-refractivity contribution in [3.8, 4) is 0 Å². The Morgan fingerprint density at radius 3 is 2.39 bits per heavy atom. The van der Waals surface area contributed by atoms with Crippen molar-refractivity contribution in [2.24, 2.45) is 0 Å². The van der Waals surface area contributed by atoms with Gasteiger partial charge in [0.2, 0.25) is 5.95 Å². The predicted octanol–water partition coefficient (Wildman–Crippen LogP) is 2.35. The summed E-state index contributed by atoms with van der Waals surface area (Å²) >= 11 is 0. The van der Waals surface area contributed by atoms with Crippen molar-refractivity contribution in [2.75, 3.05) is 18.5 Å². The molecule has 0 fully saturated rings. The molecule has 0 aliphatic carbocycles. The lowest BCUT2D eigenvalue weighted by atomic mass is 10.3. The molecule has 94 valence electrons. The number of aromatic nitrogens is 2. The molecule has 0 spiro atoms. The number of para-hydroxylation sites is 1. The molecule has 2 aromatic rings. The van der Waals surface area contributed by atoms with Crippen LogP contribution in [0.5, 0.6) is 0 Å². The summed E-state index contributed by atoms with van der Waals surface area (Å²) in [6.07, 6.45) is 3.73. The van der Waals surface area contributed by atoms with Crippen molar-refractivity contribution < 1.29 is 0 Å². The first-order valence-corrected chi connectivity index (χ1v) is 6.11. The SMILES string of the molecule is CCNCc1cnc(N(C)c2ccccc2)nc1. The fraction of sp³-hybridized carbons (Fsp3) is 0.286. The zero-order valence-electron chi connectivity index (χ0n) is 10.8. The molecular weight excluding hydrogens is 224 g/mol. The molecule has 0 radical (unpaired) electrons. The van der Waals surface area contributed by atoms with E-state index in [9.17, 15) is 0 Å². The Bertz CT molecular complexity index is 467. The highest BCUT2D eigenvalue weighted by Crippen LogP contribution is 2.18. The molecule has 0 saturated heterocycles. The summed E-state index contributed by atoms with van der Waals surface area (Å²) in [6, 6.07) is 10.1. The van der Waals surface area contributed by atoms with Crippen molar-refractivity contribution in [2.45, 2.75) is 13.5 Å². The monoisotopic (exact) mass is 242 g/mol. The smallest absolute Gasteiger partial charge is 0.229 e. The van der Waals surface area contributed by atoms with Gasteiger partial charge in [-0.05, 0) is 18.7 Å². The van der Waals surface area contributed by atoms with Gasteiger partial charge >= 0.3 is 0 Å². The number of nitrogens with zero attached hydrogens (tertiary/aromatic N) is 3. The zero-order chi connectivity index (χ0) is 12.8. The van der Waals surface area contributed by atoms with E-state index in [1.807, 2.05) is 54.7 Å². The Balaban J connectivity index is 2.09. The number of hydrogen-bond donors (Lipinski definition) is 1. The summed E-state index contributed by atoms with van der Waals surface area (Å²) in [4.78, 5) is 10.7. The molecule has 4 heteroatoms. The highest BCUT2D eigenvalue weighted by Gasteiger charge is 2.05. The van der Waals surface area contributed by atoms with Crippen LogP contribution in [0.25, 0.3) is 0 Å². The second-order valence-corrected chi connectivity index (χ2v) is 4.07. The van der Waals surface area contributed by atoms with Crippen molar-refractivity contribution in [3.05, 3.63) is 48.3 Å². The van der Waals surface area contributed by atoms with Crippen LogP contribution in [0.1, 0.15) is 12.5 Å². The number of hydrogen-bond acceptors (Lipinski definition) is 4. The van der Waals surface area contributed by atoms with Gasteiger partial charge in [0, 0.05) is 37.2 Å². The van der Waals surface area contributed by atoms with Gasteiger partial charge in [0.25, 0.3) is 0 Å². The van der Waals surface area contributed by atoms with E-state index in [-0.39, 0.29) is 0 Å². The first-order valence-electron chi connectivity index (χ1n) is 6.11. The topological polar surface area (TPSA) is 41.1 Å². The Kier molecular flexibility index (Phi) is 4.25. The molecule has 1 heterocycles. The largest absolute Gasteiger partial charge is 0.314 e. The molecule has 1 aromatic carbocycles. The maximum Gasteiger partial charge on any atom is 0.229 e. The maximum atomic E-state index is 4.38. The number of rotatable bonds is 5. The van der Waals surface area contributed by atoms with E-state index in [2.05, 4.69) is 22.2 Å². The minimum Gasteiger partial charge on any atom is -0.314 e. The molecule has 1 N–H and O–H groups in total. The minimum absolute atomic E-state index is 0.710. The summed E-state index contributed by atoms with van der Waals surface area (Å²) in [5.41, 5.74) is 2.18. The molecule has 0 aliphatic rings. The summed E-state index contributed by atoms with van der Waals surface area (Å²) in [5, 5.41) is 3.25. The van der Waals surface area contributed by atoms with Crippen LogP contribution in [-0.4, -0.2) is 23.6 Å². The van der Waals surface area contributed by atoms with Gasteiger partial charge in [-0.1, -0.05) is 25.1 Å². The number of nitrogens with one attached hydrogen (secondary N) is 1. The van der Waals surface area contributed by atoms with Gasteiger partial charge in [-0.2, -0.15) is 0 Å².